The van der Waals surface area contributed by atoms with Gasteiger partial charge in [0.25, 0.3) is 0 Å². The Morgan fingerprint density at radius 3 is 2.04 bits per heavy atom. The molecule has 0 spiro atoms. The Hall–Kier alpha value is -1.92. The molecule has 3 aromatic rings. The van der Waals surface area contributed by atoms with Crippen molar-refractivity contribution in [2.24, 2.45) is 7.05 Å². The summed E-state index contributed by atoms with van der Waals surface area (Å²) in [5, 5.41) is 2.79. The summed E-state index contributed by atoms with van der Waals surface area (Å²) in [4.78, 5) is 0. The molecule has 2 nitrogen and oxygen atoms in total. The first-order chi connectivity index (χ1) is 12.7. The molecular weight excluding hydrogens is 335 g/mol. The summed E-state index contributed by atoms with van der Waals surface area (Å²) >= 11 is 0. The van der Waals surface area contributed by atoms with Crippen molar-refractivity contribution in [3.63, 3.8) is 0 Å². The summed E-state index contributed by atoms with van der Waals surface area (Å²) in [5.74, 6) is 1.40. The van der Waals surface area contributed by atoms with E-state index in [1.54, 1.807) is 0 Å². The monoisotopic (exact) mass is 358 g/mol. The molecule has 1 saturated carbocycles. The lowest BCUT2D eigenvalue weighted by Crippen LogP contribution is -2.26. The second kappa shape index (κ2) is 7.76. The smallest absolute Gasteiger partial charge is 0.240 e. The number of hydrogen-bond acceptors (Lipinski definition) is 0. The standard InChI is InChI=1S/C23H23N2P/c1-19(25-17-16-24(2)18-25)22-14-9-15-23(22)26(20-10-5-3-6-11-20)21-12-7-4-8-13-21/h3-19H,1-2H3/q+1/t19-/m1/s1. The Morgan fingerprint density at radius 2 is 1.50 bits per heavy atom. The SMILES string of the molecule is C[C@H]([C]1[CH][CH][CH][C]1P(c1ccccc1)c1ccccc1)n1cc[n+](C)c1. The maximum absolute atomic E-state index is 2.31. The molecule has 2 aromatic carbocycles. The summed E-state index contributed by atoms with van der Waals surface area (Å²) in [6.07, 6.45) is 13.2. The third-order valence-corrected chi connectivity index (χ3v) is 7.30. The number of aryl methyl sites for hydroxylation is 1. The van der Waals surface area contributed by atoms with Crippen molar-refractivity contribution >= 4 is 18.5 Å². The zero-order chi connectivity index (χ0) is 17.9. The normalized spacial score (nSPS) is 17.0. The summed E-state index contributed by atoms with van der Waals surface area (Å²) in [5.41, 5.74) is 1.45. The van der Waals surface area contributed by atoms with Gasteiger partial charge in [0.15, 0.2) is 0 Å². The van der Waals surface area contributed by atoms with E-state index in [1.165, 1.54) is 22.2 Å². The van der Waals surface area contributed by atoms with Gasteiger partial charge in [-0.05, 0) is 44.7 Å². The second-order valence-corrected chi connectivity index (χ2v) is 8.76. The van der Waals surface area contributed by atoms with Gasteiger partial charge in [-0.2, -0.15) is 0 Å². The highest BCUT2D eigenvalue weighted by Gasteiger charge is 2.41. The van der Waals surface area contributed by atoms with Crippen LogP contribution >= 0.6 is 7.92 Å². The fourth-order valence-electron chi connectivity index (χ4n) is 3.42. The van der Waals surface area contributed by atoms with E-state index in [9.17, 15) is 0 Å². The molecule has 5 radical (unpaired) electrons. The van der Waals surface area contributed by atoms with Crippen molar-refractivity contribution in [1.82, 2.24) is 4.57 Å². The fourth-order valence-corrected chi connectivity index (χ4v) is 5.97. The topological polar surface area (TPSA) is 8.81 Å². The molecular formula is C23H23N2P+. The molecule has 1 atom stereocenters. The Balaban J connectivity index is 1.70. The lowest BCUT2D eigenvalue weighted by molar-refractivity contribution is -0.671. The molecule has 3 heteroatoms. The van der Waals surface area contributed by atoms with Crippen LogP contribution in [0.2, 0.25) is 0 Å². The molecule has 1 aliphatic rings. The van der Waals surface area contributed by atoms with Crippen LogP contribution in [0.15, 0.2) is 79.4 Å². The van der Waals surface area contributed by atoms with Crippen LogP contribution in [0.25, 0.3) is 0 Å². The molecule has 26 heavy (non-hydrogen) atoms. The van der Waals surface area contributed by atoms with Crippen LogP contribution < -0.4 is 15.2 Å². The predicted molar refractivity (Wildman–Crippen MR) is 109 cm³/mol. The van der Waals surface area contributed by atoms with Crippen molar-refractivity contribution < 1.29 is 4.57 Å². The van der Waals surface area contributed by atoms with Gasteiger partial charge in [0.05, 0.1) is 7.05 Å². The predicted octanol–water partition coefficient (Wildman–Crippen LogP) is 3.74. The average molecular weight is 358 g/mol. The number of nitrogens with zero attached hydrogens (tertiary/aromatic N) is 2. The molecule has 0 saturated heterocycles. The summed E-state index contributed by atoms with van der Waals surface area (Å²) in [6.45, 7) is 2.28. The van der Waals surface area contributed by atoms with Crippen LogP contribution in [0.1, 0.15) is 13.0 Å². The second-order valence-electron chi connectivity index (χ2n) is 6.58. The van der Waals surface area contributed by atoms with Crippen molar-refractivity contribution in [3.05, 3.63) is 110 Å². The first-order valence-electron chi connectivity index (χ1n) is 8.92. The maximum atomic E-state index is 2.31. The minimum atomic E-state index is -0.566. The molecule has 0 unspecified atom stereocenters. The third-order valence-electron chi connectivity index (χ3n) is 4.78. The third kappa shape index (κ3) is 3.48. The van der Waals surface area contributed by atoms with Gasteiger partial charge in [-0.3, -0.25) is 0 Å². The molecule has 1 heterocycles. The zero-order valence-electron chi connectivity index (χ0n) is 15.2. The van der Waals surface area contributed by atoms with Crippen LogP contribution in [0.3, 0.4) is 0 Å². The van der Waals surface area contributed by atoms with Crippen molar-refractivity contribution in [3.8, 4) is 0 Å². The van der Waals surface area contributed by atoms with E-state index in [2.05, 4.69) is 122 Å². The zero-order valence-corrected chi connectivity index (χ0v) is 16.1. The summed E-state index contributed by atoms with van der Waals surface area (Å²) in [6, 6.07) is 22.1. The van der Waals surface area contributed by atoms with Gasteiger partial charge in [0.1, 0.15) is 18.4 Å². The van der Waals surface area contributed by atoms with E-state index < -0.39 is 7.92 Å². The Morgan fingerprint density at radius 1 is 0.885 bits per heavy atom. The lowest BCUT2D eigenvalue weighted by Gasteiger charge is -2.30. The van der Waals surface area contributed by atoms with E-state index in [0.717, 1.165) is 0 Å². The van der Waals surface area contributed by atoms with Crippen LogP contribution in [0.5, 0.6) is 0 Å². The van der Waals surface area contributed by atoms with Crippen LogP contribution in [0, 0.1) is 30.8 Å². The summed E-state index contributed by atoms with van der Waals surface area (Å²) in [7, 11) is 1.50. The first-order valence-corrected chi connectivity index (χ1v) is 10.3. The van der Waals surface area contributed by atoms with Gasteiger partial charge < -0.3 is 0 Å². The summed E-state index contributed by atoms with van der Waals surface area (Å²) < 4.78 is 4.37. The van der Waals surface area contributed by atoms with Crippen molar-refractivity contribution in [2.75, 3.05) is 0 Å². The van der Waals surface area contributed by atoms with Crippen LogP contribution in [-0.4, -0.2) is 4.57 Å². The van der Waals surface area contributed by atoms with Gasteiger partial charge in [-0.1, -0.05) is 60.7 Å². The van der Waals surface area contributed by atoms with Gasteiger partial charge >= 0.3 is 0 Å². The average Bonchev–Trinajstić information content (AvgIpc) is 3.33. The molecule has 0 aliphatic heterocycles. The van der Waals surface area contributed by atoms with E-state index in [0.29, 0.717) is 6.04 Å². The molecule has 129 valence electrons. The molecule has 4 rings (SSSR count). The Labute approximate surface area is 158 Å². The number of imidazole rings is 1. The van der Waals surface area contributed by atoms with E-state index >= 15 is 0 Å². The van der Waals surface area contributed by atoms with Gasteiger partial charge in [-0.25, -0.2) is 9.13 Å². The van der Waals surface area contributed by atoms with Gasteiger partial charge in [0, 0.05) is 11.6 Å². The Bertz CT molecular complexity index is 788. The lowest BCUT2D eigenvalue weighted by atomic mass is 9.99. The highest BCUT2D eigenvalue weighted by molar-refractivity contribution is 7.76. The minimum Gasteiger partial charge on any atom is -0.240 e. The molecule has 1 aromatic heterocycles. The van der Waals surface area contributed by atoms with Gasteiger partial charge in [-0.15, -0.1) is 0 Å². The van der Waals surface area contributed by atoms with Crippen LogP contribution in [-0.2, 0) is 7.05 Å². The molecule has 0 bridgehead atoms. The molecule has 1 aliphatic carbocycles. The highest BCUT2D eigenvalue weighted by Crippen LogP contribution is 2.58. The number of benzene rings is 2. The highest BCUT2D eigenvalue weighted by atomic mass is 31.1. The fraction of sp³-hybridized carbons (Fsp3) is 0.130. The van der Waals surface area contributed by atoms with Crippen molar-refractivity contribution in [1.29, 1.82) is 0 Å². The van der Waals surface area contributed by atoms with E-state index in [1.807, 2.05) is 0 Å². The molecule has 0 N–H and O–H groups in total. The first kappa shape index (κ1) is 17.5. The van der Waals surface area contributed by atoms with E-state index in [4.69, 9.17) is 0 Å². The van der Waals surface area contributed by atoms with E-state index in [-0.39, 0.29) is 0 Å². The number of hydrogen-bond donors (Lipinski definition) is 0. The largest absolute Gasteiger partial charge is 0.243 e. The molecule has 0 amide bonds. The Kier molecular flexibility index (Phi) is 5.22. The van der Waals surface area contributed by atoms with Crippen LogP contribution in [0.4, 0.5) is 0 Å². The minimum absolute atomic E-state index is 0.304. The van der Waals surface area contributed by atoms with Crippen molar-refractivity contribution in [2.45, 2.75) is 13.0 Å². The number of aromatic nitrogens is 2. The maximum Gasteiger partial charge on any atom is 0.243 e. The molecule has 1 fully saturated rings. The quantitative estimate of drug-likeness (QED) is 0.485. The number of rotatable bonds is 5. The van der Waals surface area contributed by atoms with Gasteiger partial charge in [0.2, 0.25) is 6.33 Å².